The van der Waals surface area contributed by atoms with Crippen molar-refractivity contribution in [1.82, 2.24) is 24.6 Å². The van der Waals surface area contributed by atoms with Crippen molar-refractivity contribution < 1.29 is 9.53 Å². The third-order valence-corrected chi connectivity index (χ3v) is 6.20. The van der Waals surface area contributed by atoms with Crippen LogP contribution in [0, 0.1) is 0 Å². The van der Waals surface area contributed by atoms with Crippen molar-refractivity contribution in [1.29, 1.82) is 0 Å². The Hall–Kier alpha value is -3.03. The summed E-state index contributed by atoms with van der Waals surface area (Å²) >= 11 is 0. The highest BCUT2D eigenvalue weighted by molar-refractivity contribution is 5.95. The van der Waals surface area contributed by atoms with Crippen LogP contribution in [0.4, 0.5) is 0 Å². The molecule has 160 valence electrons. The minimum Gasteiger partial charge on any atom is -0.373 e. The Kier molecular flexibility index (Phi) is 5.78. The molecule has 5 rings (SSSR count). The third-order valence-electron chi connectivity index (χ3n) is 6.20. The van der Waals surface area contributed by atoms with E-state index in [1.165, 1.54) is 12.8 Å². The van der Waals surface area contributed by atoms with E-state index in [4.69, 9.17) is 4.74 Å². The van der Waals surface area contributed by atoms with Gasteiger partial charge in [-0.1, -0.05) is 36.4 Å². The van der Waals surface area contributed by atoms with Crippen LogP contribution in [0.1, 0.15) is 34.8 Å². The summed E-state index contributed by atoms with van der Waals surface area (Å²) in [5.74, 6) is 0.0264. The summed E-state index contributed by atoms with van der Waals surface area (Å²) in [7, 11) is 0. The zero-order valence-electron chi connectivity index (χ0n) is 17.5. The van der Waals surface area contributed by atoms with Gasteiger partial charge in [-0.2, -0.15) is 0 Å². The van der Waals surface area contributed by atoms with Gasteiger partial charge in [0.2, 0.25) is 0 Å². The molecule has 0 spiro atoms. The lowest BCUT2D eigenvalue weighted by Crippen LogP contribution is -2.51. The average Bonchev–Trinajstić information content (AvgIpc) is 3.54. The fraction of sp³-hybridized carbons (Fsp3) is 0.375. The largest absolute Gasteiger partial charge is 0.373 e. The normalized spacial score (nSPS) is 22.0. The van der Waals surface area contributed by atoms with Crippen molar-refractivity contribution >= 4 is 5.91 Å². The summed E-state index contributed by atoms with van der Waals surface area (Å²) in [6.45, 7) is 4.20. The lowest BCUT2D eigenvalue weighted by Gasteiger charge is -2.43. The van der Waals surface area contributed by atoms with E-state index in [2.05, 4.69) is 27.2 Å². The summed E-state index contributed by atoms with van der Waals surface area (Å²) < 4.78 is 8.06. The van der Waals surface area contributed by atoms with Crippen molar-refractivity contribution in [2.45, 2.75) is 25.0 Å². The van der Waals surface area contributed by atoms with Gasteiger partial charge in [-0.15, -0.1) is 10.2 Å². The van der Waals surface area contributed by atoms with Crippen LogP contribution in [0.5, 0.6) is 0 Å². The van der Waals surface area contributed by atoms with E-state index >= 15 is 0 Å². The molecule has 0 unspecified atom stereocenters. The predicted molar refractivity (Wildman–Crippen MR) is 117 cm³/mol. The van der Waals surface area contributed by atoms with Gasteiger partial charge in [0.25, 0.3) is 5.91 Å². The smallest absolute Gasteiger partial charge is 0.254 e. The minimum absolute atomic E-state index is 0.0264. The molecule has 2 saturated heterocycles. The topological polar surface area (TPSA) is 63.5 Å². The van der Waals surface area contributed by atoms with Gasteiger partial charge in [0, 0.05) is 24.3 Å². The van der Waals surface area contributed by atoms with Crippen LogP contribution in [0.15, 0.2) is 67.3 Å². The van der Waals surface area contributed by atoms with E-state index in [0.717, 1.165) is 30.9 Å². The van der Waals surface area contributed by atoms with Crippen LogP contribution < -0.4 is 0 Å². The van der Waals surface area contributed by atoms with Gasteiger partial charge < -0.3 is 14.5 Å². The van der Waals surface area contributed by atoms with Crippen molar-refractivity contribution in [3.8, 4) is 5.69 Å². The van der Waals surface area contributed by atoms with Gasteiger partial charge in [-0.05, 0) is 49.7 Å². The van der Waals surface area contributed by atoms with Crippen LogP contribution in [0.25, 0.3) is 5.69 Å². The van der Waals surface area contributed by atoms with Crippen LogP contribution in [-0.2, 0) is 4.74 Å². The van der Waals surface area contributed by atoms with Gasteiger partial charge in [-0.25, -0.2) is 0 Å². The van der Waals surface area contributed by atoms with E-state index in [1.807, 2.05) is 47.4 Å². The molecule has 2 atom stereocenters. The number of carbonyl (C=O) groups excluding carboxylic acids is 1. The number of carbonyl (C=O) groups is 1. The minimum atomic E-state index is -0.110. The van der Waals surface area contributed by atoms with Crippen molar-refractivity contribution in [2.24, 2.45) is 0 Å². The molecule has 1 aromatic heterocycles. The van der Waals surface area contributed by atoms with E-state index < -0.39 is 0 Å². The maximum absolute atomic E-state index is 13.7. The number of aromatic nitrogens is 3. The maximum atomic E-state index is 13.7. The molecular weight excluding hydrogens is 390 g/mol. The number of morpholine rings is 1. The third kappa shape index (κ3) is 4.24. The molecule has 7 nitrogen and oxygen atoms in total. The molecule has 0 radical (unpaired) electrons. The van der Waals surface area contributed by atoms with Crippen LogP contribution in [-0.4, -0.2) is 69.4 Å². The summed E-state index contributed by atoms with van der Waals surface area (Å²) in [5.41, 5.74) is 2.65. The highest BCUT2D eigenvalue weighted by atomic mass is 16.5. The molecule has 31 heavy (non-hydrogen) atoms. The summed E-state index contributed by atoms with van der Waals surface area (Å²) in [4.78, 5) is 18.2. The Morgan fingerprint density at radius 1 is 0.968 bits per heavy atom. The molecule has 2 aliphatic heterocycles. The average molecular weight is 418 g/mol. The maximum Gasteiger partial charge on any atom is 0.254 e. The van der Waals surface area contributed by atoms with Crippen LogP contribution in [0.2, 0.25) is 0 Å². The number of amides is 1. The van der Waals surface area contributed by atoms with Crippen LogP contribution in [0.3, 0.4) is 0 Å². The number of ether oxygens (including phenoxy) is 1. The summed E-state index contributed by atoms with van der Waals surface area (Å²) in [5, 5.41) is 7.74. The molecule has 2 aromatic carbocycles. The second-order valence-electron chi connectivity index (χ2n) is 8.19. The van der Waals surface area contributed by atoms with Gasteiger partial charge in [-0.3, -0.25) is 9.36 Å². The Morgan fingerprint density at radius 2 is 1.74 bits per heavy atom. The molecular formula is C24H27N5O2. The molecule has 7 heteroatoms. The SMILES string of the molecule is O=C(c1cccc(-n2cnnc2)c1)N1CCO[C@@H](CN2CCCC2)[C@@H]1c1ccccc1. The van der Waals surface area contributed by atoms with Crippen LogP contribution >= 0.6 is 0 Å². The van der Waals surface area contributed by atoms with Gasteiger partial charge in [0.05, 0.1) is 18.8 Å². The first-order valence-electron chi connectivity index (χ1n) is 10.9. The summed E-state index contributed by atoms with van der Waals surface area (Å²) in [6.07, 6.45) is 5.70. The standard InChI is InChI=1S/C24H27N5O2/c30-24(20-9-6-10-21(15-20)28-17-25-26-18-28)29-13-14-31-22(16-27-11-4-5-12-27)23(29)19-7-2-1-3-8-19/h1-3,6-10,15,17-18,22-23H,4-5,11-14,16H2/t22-,23-/m0/s1. The Bertz CT molecular complexity index is 1000. The lowest BCUT2D eigenvalue weighted by molar-refractivity contribution is -0.0707. The molecule has 0 aliphatic carbocycles. The highest BCUT2D eigenvalue weighted by Crippen LogP contribution is 2.32. The Balaban J connectivity index is 1.45. The van der Waals surface area contributed by atoms with E-state index in [-0.39, 0.29) is 18.1 Å². The zero-order valence-corrected chi connectivity index (χ0v) is 17.5. The fourth-order valence-corrected chi connectivity index (χ4v) is 4.68. The number of rotatable bonds is 5. The summed E-state index contributed by atoms with van der Waals surface area (Å²) in [6, 6.07) is 17.8. The molecule has 1 amide bonds. The van der Waals surface area contributed by atoms with E-state index in [9.17, 15) is 4.79 Å². The molecule has 3 heterocycles. The predicted octanol–water partition coefficient (Wildman–Crippen LogP) is 2.95. The number of benzene rings is 2. The molecule has 0 saturated carbocycles. The first-order valence-corrected chi connectivity index (χ1v) is 10.9. The van der Waals surface area contributed by atoms with Gasteiger partial charge in [0.15, 0.2) is 0 Å². The van der Waals surface area contributed by atoms with Crippen molar-refractivity contribution in [3.63, 3.8) is 0 Å². The number of hydrogen-bond acceptors (Lipinski definition) is 5. The van der Waals surface area contributed by atoms with Crippen molar-refractivity contribution in [2.75, 3.05) is 32.8 Å². The number of likely N-dealkylation sites (tertiary alicyclic amines) is 1. The number of hydrogen-bond donors (Lipinski definition) is 0. The van der Waals surface area contributed by atoms with Crippen molar-refractivity contribution in [3.05, 3.63) is 78.4 Å². The second-order valence-corrected chi connectivity index (χ2v) is 8.19. The Morgan fingerprint density at radius 3 is 2.52 bits per heavy atom. The lowest BCUT2D eigenvalue weighted by atomic mass is 9.96. The highest BCUT2D eigenvalue weighted by Gasteiger charge is 2.38. The molecule has 3 aromatic rings. The van der Waals surface area contributed by atoms with E-state index in [0.29, 0.717) is 18.7 Å². The fourth-order valence-electron chi connectivity index (χ4n) is 4.68. The molecule has 2 aliphatic rings. The van der Waals surface area contributed by atoms with E-state index in [1.54, 1.807) is 17.2 Å². The molecule has 0 bridgehead atoms. The first-order chi connectivity index (χ1) is 15.3. The monoisotopic (exact) mass is 417 g/mol. The van der Waals surface area contributed by atoms with Gasteiger partial charge in [0.1, 0.15) is 12.7 Å². The second kappa shape index (κ2) is 8.99. The van der Waals surface area contributed by atoms with Gasteiger partial charge >= 0.3 is 0 Å². The quantitative estimate of drug-likeness (QED) is 0.639. The zero-order chi connectivity index (χ0) is 21.0. The number of nitrogens with zero attached hydrogens (tertiary/aromatic N) is 5. The molecule has 0 N–H and O–H groups in total. The Labute approximate surface area is 182 Å². The first kappa shape index (κ1) is 19.9. The molecule has 2 fully saturated rings.